The zero-order valence-corrected chi connectivity index (χ0v) is 8.64. The van der Waals surface area contributed by atoms with E-state index in [1.807, 2.05) is 25.2 Å². The normalized spacial score (nSPS) is 12.8. The zero-order chi connectivity index (χ0) is 10.3. The fraction of sp³-hybridized carbons (Fsp3) is 0.333. The molecular formula is C12H19N. The van der Waals surface area contributed by atoms with Crippen LogP contribution in [0.15, 0.2) is 48.1 Å². The third-order valence-corrected chi connectivity index (χ3v) is 1.92. The molecule has 13 heavy (non-hydrogen) atoms. The largest absolute Gasteiger partial charge is 0.327 e. The molecule has 0 saturated carbocycles. The van der Waals surface area contributed by atoms with Crippen molar-refractivity contribution in [3.05, 3.63) is 48.1 Å². The molecule has 0 fully saturated rings. The molecule has 0 aromatic heterocycles. The SMILES string of the molecule is C=C/C(=C\C=C(/C)CN)C(=C)CC. The van der Waals surface area contributed by atoms with Gasteiger partial charge >= 0.3 is 0 Å². The van der Waals surface area contributed by atoms with Crippen molar-refractivity contribution in [2.45, 2.75) is 20.3 Å². The Bertz CT molecular complexity index is 244. The van der Waals surface area contributed by atoms with Crippen LogP contribution >= 0.6 is 0 Å². The van der Waals surface area contributed by atoms with Crippen molar-refractivity contribution in [1.29, 1.82) is 0 Å². The highest BCUT2D eigenvalue weighted by molar-refractivity contribution is 5.39. The minimum absolute atomic E-state index is 0.597. The van der Waals surface area contributed by atoms with Gasteiger partial charge < -0.3 is 5.73 Å². The smallest absolute Gasteiger partial charge is 0.0137 e. The van der Waals surface area contributed by atoms with E-state index in [2.05, 4.69) is 20.1 Å². The van der Waals surface area contributed by atoms with Crippen LogP contribution in [-0.2, 0) is 0 Å². The summed E-state index contributed by atoms with van der Waals surface area (Å²) in [5.74, 6) is 0. The summed E-state index contributed by atoms with van der Waals surface area (Å²) in [4.78, 5) is 0. The van der Waals surface area contributed by atoms with E-state index < -0.39 is 0 Å². The number of nitrogens with two attached hydrogens (primary N) is 1. The third-order valence-electron chi connectivity index (χ3n) is 1.92. The summed E-state index contributed by atoms with van der Waals surface area (Å²) in [6.07, 6.45) is 6.80. The predicted molar refractivity (Wildman–Crippen MR) is 60.5 cm³/mol. The molecule has 0 amide bonds. The molecular weight excluding hydrogens is 158 g/mol. The van der Waals surface area contributed by atoms with Crippen molar-refractivity contribution >= 4 is 0 Å². The summed E-state index contributed by atoms with van der Waals surface area (Å²) in [5.41, 5.74) is 8.82. The summed E-state index contributed by atoms with van der Waals surface area (Å²) in [6, 6.07) is 0. The van der Waals surface area contributed by atoms with E-state index in [-0.39, 0.29) is 0 Å². The zero-order valence-electron chi connectivity index (χ0n) is 8.64. The topological polar surface area (TPSA) is 26.0 Å². The van der Waals surface area contributed by atoms with Gasteiger partial charge in [0.25, 0.3) is 0 Å². The second-order valence-electron chi connectivity index (χ2n) is 3.00. The summed E-state index contributed by atoms with van der Waals surface area (Å²) in [5, 5.41) is 0. The maximum absolute atomic E-state index is 5.46. The van der Waals surface area contributed by atoms with Crippen LogP contribution in [0.1, 0.15) is 20.3 Å². The standard InChI is InChI=1S/C12H19N/c1-5-11(4)12(6-2)8-7-10(3)9-13/h6-8H,2,4-5,9,13H2,1,3H3/b10-7+,12-8+. The van der Waals surface area contributed by atoms with Gasteiger partial charge in [-0.05, 0) is 24.5 Å². The van der Waals surface area contributed by atoms with E-state index in [0.717, 1.165) is 23.1 Å². The van der Waals surface area contributed by atoms with Crippen LogP contribution in [0, 0.1) is 0 Å². The molecule has 1 nitrogen and oxygen atoms in total. The fourth-order valence-corrected chi connectivity index (χ4v) is 0.834. The molecule has 0 heterocycles. The lowest BCUT2D eigenvalue weighted by Gasteiger charge is -2.01. The summed E-state index contributed by atoms with van der Waals surface area (Å²) in [7, 11) is 0. The predicted octanol–water partition coefficient (Wildman–Crippen LogP) is 2.97. The van der Waals surface area contributed by atoms with E-state index in [1.165, 1.54) is 0 Å². The van der Waals surface area contributed by atoms with Crippen LogP contribution < -0.4 is 5.73 Å². The average Bonchev–Trinajstić information content (AvgIpc) is 2.17. The van der Waals surface area contributed by atoms with Gasteiger partial charge in [-0.25, -0.2) is 0 Å². The maximum atomic E-state index is 5.46. The van der Waals surface area contributed by atoms with Crippen molar-refractivity contribution in [3.8, 4) is 0 Å². The highest BCUT2D eigenvalue weighted by Gasteiger charge is 1.93. The molecule has 0 spiro atoms. The first kappa shape index (κ1) is 11.9. The summed E-state index contributed by atoms with van der Waals surface area (Å²) in [6.45, 7) is 12.4. The van der Waals surface area contributed by atoms with E-state index in [1.54, 1.807) is 0 Å². The average molecular weight is 177 g/mol. The van der Waals surface area contributed by atoms with Crippen LogP contribution in [0.4, 0.5) is 0 Å². The Labute approximate surface area is 81.3 Å². The van der Waals surface area contributed by atoms with Crippen LogP contribution in [0.3, 0.4) is 0 Å². The Morgan fingerprint density at radius 3 is 2.38 bits per heavy atom. The molecule has 1 heteroatoms. The molecule has 0 saturated heterocycles. The molecule has 0 aliphatic carbocycles. The van der Waals surface area contributed by atoms with Crippen LogP contribution in [0.25, 0.3) is 0 Å². The molecule has 0 rings (SSSR count). The van der Waals surface area contributed by atoms with Gasteiger partial charge in [-0.1, -0.05) is 43.9 Å². The lowest BCUT2D eigenvalue weighted by atomic mass is 10.0. The second-order valence-corrected chi connectivity index (χ2v) is 3.00. The maximum Gasteiger partial charge on any atom is 0.0137 e. The van der Waals surface area contributed by atoms with Crippen molar-refractivity contribution in [3.63, 3.8) is 0 Å². The molecule has 0 atom stereocenters. The Morgan fingerprint density at radius 1 is 1.38 bits per heavy atom. The van der Waals surface area contributed by atoms with E-state index in [9.17, 15) is 0 Å². The highest BCUT2D eigenvalue weighted by Crippen LogP contribution is 2.12. The number of allylic oxidation sites excluding steroid dienone is 5. The van der Waals surface area contributed by atoms with Gasteiger partial charge in [0.05, 0.1) is 0 Å². The molecule has 72 valence electrons. The lowest BCUT2D eigenvalue weighted by molar-refractivity contribution is 1.12. The Morgan fingerprint density at radius 2 is 2.00 bits per heavy atom. The summed E-state index contributed by atoms with van der Waals surface area (Å²) < 4.78 is 0. The first-order valence-corrected chi connectivity index (χ1v) is 4.53. The molecule has 0 bridgehead atoms. The summed E-state index contributed by atoms with van der Waals surface area (Å²) >= 11 is 0. The van der Waals surface area contributed by atoms with E-state index in [0.29, 0.717) is 6.54 Å². The van der Waals surface area contributed by atoms with Crippen molar-refractivity contribution < 1.29 is 0 Å². The monoisotopic (exact) mass is 177 g/mol. The minimum atomic E-state index is 0.597. The van der Waals surface area contributed by atoms with Gasteiger partial charge in [0.2, 0.25) is 0 Å². The molecule has 0 unspecified atom stereocenters. The first-order chi connectivity index (χ1) is 6.15. The number of hydrogen-bond acceptors (Lipinski definition) is 1. The quantitative estimate of drug-likeness (QED) is 0.642. The molecule has 0 aromatic rings. The fourth-order valence-electron chi connectivity index (χ4n) is 0.834. The van der Waals surface area contributed by atoms with Crippen molar-refractivity contribution in [1.82, 2.24) is 0 Å². The Balaban J connectivity index is 4.58. The van der Waals surface area contributed by atoms with E-state index >= 15 is 0 Å². The minimum Gasteiger partial charge on any atom is -0.327 e. The number of hydrogen-bond donors (Lipinski definition) is 1. The molecule has 2 N–H and O–H groups in total. The van der Waals surface area contributed by atoms with Gasteiger partial charge in [0.15, 0.2) is 0 Å². The molecule has 0 aliphatic heterocycles. The van der Waals surface area contributed by atoms with Gasteiger partial charge in [-0.3, -0.25) is 0 Å². The second kappa shape index (κ2) is 6.44. The Kier molecular flexibility index (Phi) is 5.90. The molecule has 0 aromatic carbocycles. The molecule has 0 radical (unpaired) electrons. The molecule has 0 aliphatic rings. The van der Waals surface area contributed by atoms with Gasteiger partial charge in [-0.15, -0.1) is 0 Å². The third kappa shape index (κ3) is 4.48. The van der Waals surface area contributed by atoms with Crippen molar-refractivity contribution in [2.24, 2.45) is 5.73 Å². The van der Waals surface area contributed by atoms with Crippen molar-refractivity contribution in [2.75, 3.05) is 6.54 Å². The number of rotatable bonds is 5. The highest BCUT2D eigenvalue weighted by atomic mass is 14.5. The van der Waals surface area contributed by atoms with Gasteiger partial charge in [-0.2, -0.15) is 0 Å². The van der Waals surface area contributed by atoms with Crippen LogP contribution in [0.2, 0.25) is 0 Å². The van der Waals surface area contributed by atoms with E-state index in [4.69, 9.17) is 5.73 Å². The van der Waals surface area contributed by atoms with Crippen LogP contribution in [0.5, 0.6) is 0 Å². The van der Waals surface area contributed by atoms with Crippen LogP contribution in [-0.4, -0.2) is 6.54 Å². The Hall–Kier alpha value is -1.08. The van der Waals surface area contributed by atoms with Gasteiger partial charge in [0, 0.05) is 6.54 Å². The van der Waals surface area contributed by atoms with Gasteiger partial charge in [0.1, 0.15) is 0 Å². The lowest BCUT2D eigenvalue weighted by Crippen LogP contribution is -1.99. The first-order valence-electron chi connectivity index (χ1n) is 4.53.